The van der Waals surface area contributed by atoms with E-state index >= 15 is 0 Å². The topological polar surface area (TPSA) is 133 Å². The standard InChI is InChI=1S/C29H30BrCl2N3O6/c30-20-6-2-18(3-7-20)15-29(28(39)35-34-22(16-37)17-38)26(24-11-8-21(31)14-25(24)32)41-27(33-29)19-4-9-23(10-5-19)40-13-1-12-36/h2-11,14,22,26,34,36-38H,1,12-13,15-17H2,(H,35,39)/t26-,29-/m0/s1. The number of rotatable bonds is 13. The highest BCUT2D eigenvalue weighted by atomic mass is 79.9. The molecule has 0 radical (unpaired) electrons. The molecule has 0 saturated heterocycles. The first-order valence-electron chi connectivity index (χ1n) is 12.9. The summed E-state index contributed by atoms with van der Waals surface area (Å²) >= 11 is 16.3. The van der Waals surface area contributed by atoms with Crippen LogP contribution in [0, 0.1) is 0 Å². The van der Waals surface area contributed by atoms with Gasteiger partial charge in [0.2, 0.25) is 5.90 Å². The molecule has 3 aromatic rings. The highest BCUT2D eigenvalue weighted by molar-refractivity contribution is 9.10. The summed E-state index contributed by atoms with van der Waals surface area (Å²) in [6.07, 6.45) is -0.322. The first kappa shape index (κ1) is 31.2. The number of aliphatic hydroxyl groups is 3. The summed E-state index contributed by atoms with van der Waals surface area (Å²) in [6.45, 7) is -0.399. The normalized spacial score (nSPS) is 18.2. The molecule has 218 valence electrons. The summed E-state index contributed by atoms with van der Waals surface area (Å²) in [5.41, 5.74) is 5.67. The van der Waals surface area contributed by atoms with E-state index < -0.39 is 36.8 Å². The number of amides is 1. The summed E-state index contributed by atoms with van der Waals surface area (Å²) in [5, 5.41) is 28.8. The molecule has 0 saturated carbocycles. The third-order valence-electron chi connectivity index (χ3n) is 6.49. The molecule has 0 bridgehead atoms. The monoisotopic (exact) mass is 665 g/mol. The van der Waals surface area contributed by atoms with Crippen molar-refractivity contribution in [2.24, 2.45) is 4.99 Å². The highest BCUT2D eigenvalue weighted by Crippen LogP contribution is 2.45. The molecule has 0 fully saturated rings. The maximum absolute atomic E-state index is 14.1. The van der Waals surface area contributed by atoms with Gasteiger partial charge in [-0.15, -0.1) is 0 Å². The third kappa shape index (κ3) is 7.58. The fraction of sp³-hybridized carbons (Fsp3) is 0.310. The lowest BCUT2D eigenvalue weighted by atomic mass is 9.82. The molecule has 4 rings (SSSR count). The lowest BCUT2D eigenvalue weighted by Gasteiger charge is -2.32. The quantitative estimate of drug-likeness (QED) is 0.138. The number of carbonyl (C=O) groups excluding carboxylic acids is 1. The molecule has 3 aromatic carbocycles. The lowest BCUT2D eigenvalue weighted by molar-refractivity contribution is -0.130. The summed E-state index contributed by atoms with van der Waals surface area (Å²) in [5.74, 6) is 0.276. The van der Waals surface area contributed by atoms with Crippen LogP contribution in [0.4, 0.5) is 0 Å². The maximum Gasteiger partial charge on any atom is 0.266 e. The van der Waals surface area contributed by atoms with Gasteiger partial charge in [0.05, 0.1) is 25.9 Å². The summed E-state index contributed by atoms with van der Waals surface area (Å²) < 4.78 is 12.9. The van der Waals surface area contributed by atoms with E-state index in [9.17, 15) is 15.0 Å². The molecular weight excluding hydrogens is 637 g/mol. The lowest BCUT2D eigenvalue weighted by Crippen LogP contribution is -2.57. The number of aliphatic hydroxyl groups excluding tert-OH is 3. The SMILES string of the molecule is O=C(NNC(CO)CO)[C@@]1(Cc2ccc(Br)cc2)N=C(c2ccc(OCCCO)cc2)O[C@H]1c1ccc(Cl)cc1Cl. The second kappa shape index (κ2) is 14.5. The summed E-state index contributed by atoms with van der Waals surface area (Å²) in [4.78, 5) is 19.0. The number of nitrogens with zero attached hydrogens (tertiary/aromatic N) is 1. The fourth-order valence-electron chi connectivity index (χ4n) is 4.31. The molecule has 0 unspecified atom stereocenters. The Balaban J connectivity index is 1.79. The van der Waals surface area contributed by atoms with Crippen LogP contribution in [-0.2, 0) is 16.0 Å². The van der Waals surface area contributed by atoms with Crippen molar-refractivity contribution in [3.8, 4) is 5.75 Å². The Morgan fingerprint density at radius 2 is 1.76 bits per heavy atom. The molecule has 5 N–H and O–H groups in total. The Kier molecular flexibility index (Phi) is 11.0. The minimum Gasteiger partial charge on any atom is -0.494 e. The van der Waals surface area contributed by atoms with Crippen molar-refractivity contribution >= 4 is 50.9 Å². The Bertz CT molecular complexity index is 1360. The van der Waals surface area contributed by atoms with Gasteiger partial charge in [-0.05, 0) is 54.1 Å². The Labute approximate surface area is 256 Å². The number of benzene rings is 3. The number of ether oxygens (including phenoxy) is 2. The minimum absolute atomic E-state index is 0.0338. The van der Waals surface area contributed by atoms with Crippen molar-refractivity contribution in [3.63, 3.8) is 0 Å². The first-order chi connectivity index (χ1) is 19.8. The van der Waals surface area contributed by atoms with E-state index in [1.807, 2.05) is 24.3 Å². The van der Waals surface area contributed by atoms with E-state index in [2.05, 4.69) is 26.8 Å². The van der Waals surface area contributed by atoms with Crippen LogP contribution in [0.15, 0.2) is 76.2 Å². The zero-order chi connectivity index (χ0) is 29.4. The molecule has 41 heavy (non-hydrogen) atoms. The van der Waals surface area contributed by atoms with Gasteiger partial charge in [0.1, 0.15) is 5.75 Å². The smallest absolute Gasteiger partial charge is 0.266 e. The number of hydrogen-bond donors (Lipinski definition) is 5. The maximum atomic E-state index is 14.1. The van der Waals surface area contributed by atoms with Crippen LogP contribution >= 0.6 is 39.1 Å². The van der Waals surface area contributed by atoms with Gasteiger partial charge >= 0.3 is 0 Å². The largest absolute Gasteiger partial charge is 0.494 e. The molecule has 1 aliphatic rings. The number of nitrogens with one attached hydrogen (secondary N) is 2. The van der Waals surface area contributed by atoms with Gasteiger partial charge in [-0.1, -0.05) is 57.3 Å². The molecule has 1 heterocycles. The zero-order valence-corrected chi connectivity index (χ0v) is 25.0. The minimum atomic E-state index is -1.56. The molecular formula is C29H30BrCl2N3O6. The van der Waals surface area contributed by atoms with Gasteiger partial charge in [-0.25, -0.2) is 10.4 Å². The van der Waals surface area contributed by atoms with Crippen LogP contribution in [0.1, 0.15) is 29.2 Å². The summed E-state index contributed by atoms with van der Waals surface area (Å²) in [7, 11) is 0. The van der Waals surface area contributed by atoms with Crippen LogP contribution in [0.5, 0.6) is 5.75 Å². The van der Waals surface area contributed by atoms with Crippen molar-refractivity contribution in [1.82, 2.24) is 10.9 Å². The molecule has 0 aliphatic carbocycles. The average molecular weight is 667 g/mol. The molecule has 0 aromatic heterocycles. The van der Waals surface area contributed by atoms with E-state index in [0.29, 0.717) is 39.9 Å². The van der Waals surface area contributed by atoms with Crippen molar-refractivity contribution in [1.29, 1.82) is 0 Å². The predicted octanol–water partition coefficient (Wildman–Crippen LogP) is 3.99. The van der Waals surface area contributed by atoms with Gasteiger partial charge in [-0.3, -0.25) is 10.2 Å². The van der Waals surface area contributed by atoms with Crippen molar-refractivity contribution in [2.45, 2.75) is 30.5 Å². The number of aliphatic imine (C=N–C) groups is 1. The van der Waals surface area contributed by atoms with Gasteiger partial charge in [0, 0.05) is 45.1 Å². The second-order valence-corrected chi connectivity index (χ2v) is 11.2. The van der Waals surface area contributed by atoms with Crippen molar-refractivity contribution in [3.05, 3.63) is 97.9 Å². The number of hydrazine groups is 1. The Hall–Kier alpha value is -2.70. The molecule has 2 atom stereocenters. The molecule has 1 amide bonds. The van der Waals surface area contributed by atoms with Gasteiger partial charge in [0.25, 0.3) is 5.91 Å². The second-order valence-electron chi connectivity index (χ2n) is 9.42. The molecule has 9 nitrogen and oxygen atoms in total. The van der Waals surface area contributed by atoms with Crippen LogP contribution in [0.2, 0.25) is 10.0 Å². The van der Waals surface area contributed by atoms with Crippen LogP contribution < -0.4 is 15.6 Å². The van der Waals surface area contributed by atoms with E-state index in [1.165, 1.54) is 0 Å². The summed E-state index contributed by atoms with van der Waals surface area (Å²) in [6, 6.07) is 18.7. The zero-order valence-electron chi connectivity index (χ0n) is 21.9. The first-order valence-corrected chi connectivity index (χ1v) is 14.4. The van der Waals surface area contributed by atoms with Gasteiger partial charge in [-0.2, -0.15) is 0 Å². The van der Waals surface area contributed by atoms with E-state index in [-0.39, 0.29) is 18.9 Å². The van der Waals surface area contributed by atoms with Crippen molar-refractivity contribution < 1.29 is 29.6 Å². The number of hydrogen-bond acceptors (Lipinski definition) is 8. The Morgan fingerprint density at radius 1 is 1.05 bits per heavy atom. The van der Waals surface area contributed by atoms with E-state index in [1.54, 1.807) is 42.5 Å². The predicted molar refractivity (Wildman–Crippen MR) is 160 cm³/mol. The molecule has 12 heteroatoms. The number of halogens is 3. The average Bonchev–Trinajstić information content (AvgIpc) is 3.35. The van der Waals surface area contributed by atoms with Gasteiger partial charge in [0.15, 0.2) is 11.6 Å². The van der Waals surface area contributed by atoms with E-state index in [0.717, 1.165) is 10.0 Å². The van der Waals surface area contributed by atoms with Crippen LogP contribution in [-0.4, -0.2) is 65.1 Å². The van der Waals surface area contributed by atoms with Gasteiger partial charge < -0.3 is 24.8 Å². The van der Waals surface area contributed by atoms with Crippen LogP contribution in [0.3, 0.4) is 0 Å². The van der Waals surface area contributed by atoms with Crippen LogP contribution in [0.25, 0.3) is 0 Å². The number of carbonyl (C=O) groups is 1. The Morgan fingerprint density at radius 3 is 2.39 bits per heavy atom. The fourth-order valence-corrected chi connectivity index (χ4v) is 5.08. The van der Waals surface area contributed by atoms with E-state index in [4.69, 9.17) is 42.8 Å². The molecule has 0 spiro atoms. The molecule has 1 aliphatic heterocycles. The third-order valence-corrected chi connectivity index (χ3v) is 7.58. The van der Waals surface area contributed by atoms with Crippen molar-refractivity contribution in [2.75, 3.05) is 26.4 Å². The highest BCUT2D eigenvalue weighted by Gasteiger charge is 2.54.